The molecule has 4 nitrogen and oxygen atoms in total. The summed E-state index contributed by atoms with van der Waals surface area (Å²) in [4.78, 5) is 4.00. The van der Waals surface area contributed by atoms with E-state index in [2.05, 4.69) is 38.1 Å². The van der Waals surface area contributed by atoms with Gasteiger partial charge in [-0.2, -0.15) is 5.10 Å². The number of hydrogen-bond acceptors (Lipinski definition) is 3. The van der Waals surface area contributed by atoms with Gasteiger partial charge in [0, 0.05) is 4.47 Å². The Labute approximate surface area is 128 Å². The minimum Gasteiger partial charge on any atom is -0.390 e. The van der Waals surface area contributed by atoms with Crippen LogP contribution in [-0.4, -0.2) is 26.0 Å². The number of hydrogen-bond donors (Lipinski definition) is 1. The quantitative estimate of drug-likeness (QED) is 0.931. The number of aromatic nitrogens is 3. The zero-order chi connectivity index (χ0) is 14.8. The first kappa shape index (κ1) is 15.2. The molecule has 2 aromatic rings. The molecule has 5 heteroatoms. The first-order valence-corrected chi connectivity index (χ1v) is 7.44. The first-order chi connectivity index (χ1) is 9.38. The maximum atomic E-state index is 10.6. The molecule has 0 aliphatic heterocycles. The summed E-state index contributed by atoms with van der Waals surface area (Å²) in [5.41, 5.74) is 0.948. The third kappa shape index (κ3) is 3.67. The van der Waals surface area contributed by atoms with Crippen molar-refractivity contribution in [3.05, 3.63) is 47.0 Å². The summed E-state index contributed by atoms with van der Waals surface area (Å²) in [6.45, 7) is 6.09. The average Bonchev–Trinajstić information content (AvgIpc) is 2.90. The van der Waals surface area contributed by atoms with Gasteiger partial charge in [0.05, 0.1) is 12.1 Å². The SMILES string of the molecule is CC(C)(C)C(O)C(Cc1ccc(Br)cc1)n1cncn1. The van der Waals surface area contributed by atoms with Crippen molar-refractivity contribution in [3.8, 4) is 0 Å². The Morgan fingerprint density at radius 2 is 1.90 bits per heavy atom. The van der Waals surface area contributed by atoms with E-state index in [1.54, 1.807) is 11.0 Å². The molecule has 0 spiro atoms. The normalized spacial score (nSPS) is 15.1. The lowest BCUT2D eigenvalue weighted by molar-refractivity contribution is 0.0124. The Kier molecular flexibility index (Phi) is 4.60. The van der Waals surface area contributed by atoms with E-state index in [1.807, 2.05) is 32.9 Å². The molecule has 0 bridgehead atoms. The Morgan fingerprint density at radius 3 is 2.40 bits per heavy atom. The fourth-order valence-electron chi connectivity index (χ4n) is 2.18. The van der Waals surface area contributed by atoms with Gasteiger partial charge in [-0.05, 0) is 29.5 Å². The number of nitrogens with zero attached hydrogens (tertiary/aromatic N) is 3. The van der Waals surface area contributed by atoms with Crippen LogP contribution < -0.4 is 0 Å². The number of benzene rings is 1. The standard InChI is InChI=1S/C15H20BrN3O/c1-15(2,3)14(20)13(19-10-17-9-18-19)8-11-4-6-12(16)7-5-11/h4-7,9-10,13-14,20H,8H2,1-3H3. The molecule has 1 heterocycles. The molecule has 2 atom stereocenters. The van der Waals surface area contributed by atoms with Gasteiger partial charge in [0.1, 0.15) is 12.7 Å². The van der Waals surface area contributed by atoms with E-state index in [0.717, 1.165) is 16.5 Å². The molecular formula is C15H20BrN3O. The lowest BCUT2D eigenvalue weighted by Crippen LogP contribution is -2.37. The molecule has 0 saturated heterocycles. The van der Waals surface area contributed by atoms with E-state index >= 15 is 0 Å². The van der Waals surface area contributed by atoms with Crippen LogP contribution in [-0.2, 0) is 6.42 Å². The third-order valence-electron chi connectivity index (χ3n) is 3.39. The van der Waals surface area contributed by atoms with Crippen molar-refractivity contribution in [2.24, 2.45) is 5.41 Å². The van der Waals surface area contributed by atoms with Gasteiger partial charge < -0.3 is 5.11 Å². The van der Waals surface area contributed by atoms with Crippen molar-refractivity contribution in [1.82, 2.24) is 14.8 Å². The summed E-state index contributed by atoms with van der Waals surface area (Å²) in [6, 6.07) is 8.01. The summed E-state index contributed by atoms with van der Waals surface area (Å²) in [6.07, 6.45) is 3.38. The number of aliphatic hydroxyl groups excluding tert-OH is 1. The highest BCUT2D eigenvalue weighted by atomic mass is 79.9. The third-order valence-corrected chi connectivity index (χ3v) is 3.91. The molecule has 1 N–H and O–H groups in total. The monoisotopic (exact) mass is 337 g/mol. The van der Waals surface area contributed by atoms with Gasteiger partial charge in [0.2, 0.25) is 0 Å². The smallest absolute Gasteiger partial charge is 0.137 e. The summed E-state index contributed by atoms with van der Waals surface area (Å²) >= 11 is 3.43. The lowest BCUT2D eigenvalue weighted by atomic mass is 9.82. The second-order valence-corrected chi connectivity index (χ2v) is 7.00. The molecule has 0 aliphatic carbocycles. The van der Waals surface area contributed by atoms with E-state index in [4.69, 9.17) is 0 Å². The average molecular weight is 338 g/mol. The molecule has 2 unspecified atom stereocenters. The van der Waals surface area contributed by atoms with Crippen LogP contribution >= 0.6 is 15.9 Å². The van der Waals surface area contributed by atoms with E-state index in [0.29, 0.717) is 0 Å². The lowest BCUT2D eigenvalue weighted by Gasteiger charge is -2.33. The number of aliphatic hydroxyl groups is 1. The second kappa shape index (κ2) is 6.06. The Morgan fingerprint density at radius 1 is 1.25 bits per heavy atom. The Bertz CT molecular complexity index is 531. The highest BCUT2D eigenvalue weighted by Gasteiger charge is 2.32. The molecule has 0 amide bonds. The largest absolute Gasteiger partial charge is 0.390 e. The summed E-state index contributed by atoms with van der Waals surface area (Å²) in [7, 11) is 0. The first-order valence-electron chi connectivity index (χ1n) is 6.64. The van der Waals surface area contributed by atoms with Gasteiger partial charge in [-0.15, -0.1) is 0 Å². The van der Waals surface area contributed by atoms with Crippen LogP contribution in [0.1, 0.15) is 32.4 Å². The topological polar surface area (TPSA) is 50.9 Å². The van der Waals surface area contributed by atoms with E-state index < -0.39 is 6.10 Å². The highest BCUT2D eigenvalue weighted by molar-refractivity contribution is 9.10. The van der Waals surface area contributed by atoms with E-state index in [-0.39, 0.29) is 11.5 Å². The highest BCUT2D eigenvalue weighted by Crippen LogP contribution is 2.30. The van der Waals surface area contributed by atoms with Gasteiger partial charge in [0.25, 0.3) is 0 Å². The number of halogens is 1. The molecule has 0 fully saturated rings. The zero-order valence-corrected chi connectivity index (χ0v) is 13.6. The Hall–Kier alpha value is -1.20. The van der Waals surface area contributed by atoms with E-state index in [9.17, 15) is 5.11 Å². The van der Waals surface area contributed by atoms with Gasteiger partial charge in [-0.1, -0.05) is 48.8 Å². The molecule has 0 saturated carbocycles. The van der Waals surface area contributed by atoms with Gasteiger partial charge in [0.15, 0.2) is 0 Å². The van der Waals surface area contributed by atoms with Crippen molar-refractivity contribution in [3.63, 3.8) is 0 Å². The zero-order valence-electron chi connectivity index (χ0n) is 12.0. The molecule has 0 aliphatic rings. The van der Waals surface area contributed by atoms with Crippen LogP contribution in [0.3, 0.4) is 0 Å². The van der Waals surface area contributed by atoms with Crippen LogP contribution in [0.2, 0.25) is 0 Å². The Balaban J connectivity index is 2.26. The summed E-state index contributed by atoms with van der Waals surface area (Å²) < 4.78 is 2.80. The van der Waals surface area contributed by atoms with Crippen LogP contribution in [0.5, 0.6) is 0 Å². The molecule has 108 valence electrons. The molecule has 1 aromatic heterocycles. The fraction of sp³-hybridized carbons (Fsp3) is 0.467. The maximum absolute atomic E-state index is 10.6. The van der Waals surface area contributed by atoms with Crippen molar-refractivity contribution < 1.29 is 5.11 Å². The molecule has 1 aromatic carbocycles. The van der Waals surface area contributed by atoms with Gasteiger partial charge in [-0.25, -0.2) is 9.67 Å². The molecule has 0 radical (unpaired) electrons. The predicted molar refractivity (Wildman–Crippen MR) is 82.4 cm³/mol. The van der Waals surface area contributed by atoms with Crippen molar-refractivity contribution in [2.75, 3.05) is 0 Å². The second-order valence-electron chi connectivity index (χ2n) is 6.08. The maximum Gasteiger partial charge on any atom is 0.137 e. The van der Waals surface area contributed by atoms with Gasteiger partial charge >= 0.3 is 0 Å². The van der Waals surface area contributed by atoms with Crippen LogP contribution in [0.4, 0.5) is 0 Å². The molecule has 2 rings (SSSR count). The molecule has 20 heavy (non-hydrogen) atoms. The molecular weight excluding hydrogens is 318 g/mol. The van der Waals surface area contributed by atoms with E-state index in [1.165, 1.54) is 6.33 Å². The van der Waals surface area contributed by atoms with Crippen LogP contribution in [0.25, 0.3) is 0 Å². The summed E-state index contributed by atoms with van der Waals surface area (Å²) in [5.74, 6) is 0. The predicted octanol–water partition coefficient (Wildman–Crippen LogP) is 3.23. The van der Waals surface area contributed by atoms with Crippen molar-refractivity contribution in [1.29, 1.82) is 0 Å². The van der Waals surface area contributed by atoms with Crippen molar-refractivity contribution >= 4 is 15.9 Å². The van der Waals surface area contributed by atoms with Crippen molar-refractivity contribution in [2.45, 2.75) is 39.3 Å². The minimum absolute atomic E-state index is 0.126. The fourth-order valence-corrected chi connectivity index (χ4v) is 2.44. The van der Waals surface area contributed by atoms with Gasteiger partial charge in [-0.3, -0.25) is 0 Å². The summed E-state index contributed by atoms with van der Waals surface area (Å²) in [5, 5.41) is 14.8. The minimum atomic E-state index is -0.507. The number of rotatable bonds is 4. The van der Waals surface area contributed by atoms with Crippen LogP contribution in [0.15, 0.2) is 41.4 Å². The van der Waals surface area contributed by atoms with Crippen LogP contribution in [0, 0.1) is 5.41 Å².